The zero-order chi connectivity index (χ0) is 40.2. The van der Waals surface area contributed by atoms with Crippen LogP contribution in [-0.2, 0) is 31.9 Å². The summed E-state index contributed by atoms with van der Waals surface area (Å²) in [6.07, 6.45) is 0.531. The van der Waals surface area contributed by atoms with Gasteiger partial charge in [0.05, 0.1) is 30.5 Å². The van der Waals surface area contributed by atoms with Crippen molar-refractivity contribution in [3.8, 4) is 28.3 Å². The van der Waals surface area contributed by atoms with Gasteiger partial charge in [-0.05, 0) is 71.8 Å². The predicted molar refractivity (Wildman–Crippen MR) is 231 cm³/mol. The van der Waals surface area contributed by atoms with Gasteiger partial charge in [-0.15, -0.1) is 53.6 Å². The normalized spacial score (nSPS) is 12.7. The minimum absolute atomic E-state index is 0. The van der Waals surface area contributed by atoms with E-state index >= 15 is 0 Å². The molecule has 3 heterocycles. The molecule has 0 amide bonds. The molecule has 0 aliphatic carbocycles. The molecule has 0 bridgehead atoms. The van der Waals surface area contributed by atoms with E-state index in [9.17, 15) is 0 Å². The van der Waals surface area contributed by atoms with Crippen LogP contribution < -0.4 is 5.19 Å². The number of hydrogen-bond acceptors (Lipinski definition) is 3. The maximum Gasteiger partial charge on any atom is 0.120 e. The number of hydrogen-bond donors (Lipinski definition) is 0. The third kappa shape index (κ3) is 8.19. The minimum Gasteiger partial charge on any atom is -0.501 e. The summed E-state index contributed by atoms with van der Waals surface area (Å²) >= 11 is 0. The molecule has 0 spiro atoms. The maximum atomic E-state index is 8.69. The molecule has 0 saturated carbocycles. The van der Waals surface area contributed by atoms with Crippen molar-refractivity contribution in [3.05, 3.63) is 144 Å². The molecule has 5 aromatic carbocycles. The van der Waals surface area contributed by atoms with E-state index in [1.807, 2.05) is 62.5 Å². The van der Waals surface area contributed by atoms with Gasteiger partial charge in [-0.25, -0.2) is 0 Å². The van der Waals surface area contributed by atoms with Gasteiger partial charge in [0.15, 0.2) is 0 Å². The van der Waals surface area contributed by atoms with Gasteiger partial charge in [-0.3, -0.25) is 4.98 Å². The zero-order valence-corrected chi connectivity index (χ0v) is 36.9. The van der Waals surface area contributed by atoms with Crippen molar-refractivity contribution in [3.63, 3.8) is 0 Å². The summed E-state index contributed by atoms with van der Waals surface area (Å²) in [6.45, 7) is 21.5. The first kappa shape index (κ1) is 37.3. The average molecular weight is 920 g/mol. The SMILES string of the molecule is Cc1cccc(C)c1-n1c(-c2[c-]ccc3c2oc2ccccc23)nc2ccccc21.[2H]C([2H])(c1cc(-c2[c-]ccc(C(C)(C)C)c2)ncc1[Si](C)(C)C)C(C)C.[Ir]. The van der Waals surface area contributed by atoms with Gasteiger partial charge >= 0.3 is 0 Å². The van der Waals surface area contributed by atoms with Crippen molar-refractivity contribution in [1.29, 1.82) is 0 Å². The Kier molecular flexibility index (Phi) is 10.8. The molecule has 283 valence electrons. The Morgan fingerprint density at radius 1 is 0.836 bits per heavy atom. The number of aromatic nitrogens is 3. The van der Waals surface area contributed by atoms with Gasteiger partial charge in [0.25, 0.3) is 0 Å². The maximum absolute atomic E-state index is 8.69. The molecule has 0 fully saturated rings. The molecule has 3 aromatic heterocycles. The molecule has 8 aromatic rings. The van der Waals surface area contributed by atoms with Crippen LogP contribution in [0, 0.1) is 31.9 Å². The second-order valence-electron chi connectivity index (χ2n) is 16.6. The van der Waals surface area contributed by atoms with Gasteiger partial charge < -0.3 is 14.0 Å². The van der Waals surface area contributed by atoms with Gasteiger partial charge in [0.1, 0.15) is 5.58 Å². The van der Waals surface area contributed by atoms with Crippen molar-refractivity contribution in [2.45, 2.75) is 79.9 Å². The Hall–Kier alpha value is -4.61. The van der Waals surface area contributed by atoms with E-state index in [0.717, 1.165) is 72.1 Å². The number of nitrogens with zero attached hydrogens (tertiary/aromatic N) is 3. The second-order valence-corrected chi connectivity index (χ2v) is 21.6. The second kappa shape index (κ2) is 15.9. The van der Waals surface area contributed by atoms with Crippen molar-refractivity contribution >= 4 is 46.2 Å². The van der Waals surface area contributed by atoms with E-state index in [4.69, 9.17) is 17.1 Å². The molecule has 6 heteroatoms. The molecule has 0 aliphatic heterocycles. The fourth-order valence-electron chi connectivity index (χ4n) is 7.15. The molecule has 0 saturated heterocycles. The van der Waals surface area contributed by atoms with E-state index in [-0.39, 0.29) is 31.4 Å². The summed E-state index contributed by atoms with van der Waals surface area (Å²) in [5.74, 6) is 0.746. The smallest absolute Gasteiger partial charge is 0.120 e. The van der Waals surface area contributed by atoms with Crippen LogP contribution in [0.15, 0.2) is 114 Å². The van der Waals surface area contributed by atoms with Crippen molar-refractivity contribution in [2.24, 2.45) is 5.92 Å². The molecule has 55 heavy (non-hydrogen) atoms. The summed E-state index contributed by atoms with van der Waals surface area (Å²) in [5.41, 5.74) is 12.0. The zero-order valence-electron chi connectivity index (χ0n) is 35.6. The summed E-state index contributed by atoms with van der Waals surface area (Å²) in [5, 5.41) is 3.30. The summed E-state index contributed by atoms with van der Waals surface area (Å²) in [4.78, 5) is 9.74. The van der Waals surface area contributed by atoms with E-state index in [1.54, 1.807) is 0 Å². The molecule has 0 unspecified atom stereocenters. The number of rotatable bonds is 6. The molecule has 0 N–H and O–H groups in total. The first-order valence-electron chi connectivity index (χ1n) is 19.9. The standard InChI is InChI=1S/C27H19N2O.C22H32NSi.Ir/c1-17-9-7-10-18(2)25(17)29-23-15-5-4-14-22(23)28-27(29)21-13-8-12-20-19-11-3-6-16-24(19)30-26(20)21;1-16(2)12-18-14-20(23-15-21(18)24(6,7)8)17-10-9-11-19(13-17)22(3,4)5;/h3-12,14-16H,1-2H3;9,11,13-16H,12H2,1-8H3;/q2*-1;/i;12D2;. The number of pyridine rings is 1. The first-order chi connectivity index (χ1) is 26.5. The molecule has 4 nitrogen and oxygen atoms in total. The fraction of sp³-hybridized carbons (Fsp3) is 0.265. The number of fused-ring (bicyclic) bond motifs is 4. The van der Waals surface area contributed by atoms with Crippen LogP contribution in [0.5, 0.6) is 0 Å². The predicted octanol–water partition coefficient (Wildman–Crippen LogP) is 12.6. The third-order valence-corrected chi connectivity index (χ3v) is 11.9. The number of imidazole rings is 1. The Morgan fingerprint density at radius 2 is 1.53 bits per heavy atom. The number of benzene rings is 5. The van der Waals surface area contributed by atoms with Crippen LogP contribution in [0.1, 0.15) is 59.6 Å². The Labute approximate surface area is 344 Å². The molecular formula is C49H51IrN3OSi-2. The van der Waals surface area contributed by atoms with Crippen LogP contribution in [0.25, 0.3) is 61.3 Å². The minimum atomic E-state index is -1.71. The van der Waals surface area contributed by atoms with Crippen LogP contribution in [-0.4, -0.2) is 22.6 Å². The van der Waals surface area contributed by atoms with Gasteiger partial charge in [-0.2, -0.15) is 0 Å². The molecular weight excluding hydrogens is 867 g/mol. The first-order valence-corrected chi connectivity index (χ1v) is 22.4. The van der Waals surface area contributed by atoms with Gasteiger partial charge in [-0.1, -0.05) is 125 Å². The fourth-order valence-corrected chi connectivity index (χ4v) is 8.55. The Morgan fingerprint density at radius 3 is 2.24 bits per heavy atom. The summed E-state index contributed by atoms with van der Waals surface area (Å²) in [6, 6.07) is 41.7. The van der Waals surface area contributed by atoms with Crippen LogP contribution in [0.4, 0.5) is 0 Å². The third-order valence-electron chi connectivity index (χ3n) is 9.89. The van der Waals surface area contributed by atoms with Crippen molar-refractivity contribution < 1.29 is 27.3 Å². The van der Waals surface area contributed by atoms with E-state index in [1.165, 1.54) is 16.7 Å². The van der Waals surface area contributed by atoms with Crippen molar-refractivity contribution in [1.82, 2.24) is 14.5 Å². The summed E-state index contributed by atoms with van der Waals surface area (Å²) in [7, 11) is -1.71. The summed E-state index contributed by atoms with van der Waals surface area (Å²) < 4.78 is 25.9. The van der Waals surface area contributed by atoms with E-state index < -0.39 is 14.4 Å². The molecule has 0 atom stereocenters. The van der Waals surface area contributed by atoms with E-state index in [0.29, 0.717) is 0 Å². The number of aryl methyl sites for hydroxylation is 2. The monoisotopic (exact) mass is 920 g/mol. The molecule has 8 rings (SSSR count). The Bertz CT molecular complexity index is 2700. The molecule has 0 aliphatic rings. The Balaban J connectivity index is 0.000000192. The van der Waals surface area contributed by atoms with Crippen LogP contribution in [0.3, 0.4) is 0 Å². The van der Waals surface area contributed by atoms with Gasteiger partial charge in [0.2, 0.25) is 0 Å². The number of furan rings is 1. The van der Waals surface area contributed by atoms with Crippen molar-refractivity contribution in [2.75, 3.05) is 0 Å². The number of para-hydroxylation sites is 4. The quantitative estimate of drug-likeness (QED) is 0.123. The van der Waals surface area contributed by atoms with E-state index in [2.05, 4.69) is 132 Å². The van der Waals surface area contributed by atoms with Crippen LogP contribution >= 0.6 is 0 Å². The van der Waals surface area contributed by atoms with Crippen LogP contribution in [0.2, 0.25) is 19.6 Å². The topological polar surface area (TPSA) is 43.9 Å². The largest absolute Gasteiger partial charge is 0.501 e. The molecule has 1 radical (unpaired) electrons. The average Bonchev–Trinajstić information content (AvgIpc) is 3.73. The van der Waals surface area contributed by atoms with Gasteiger partial charge in [0, 0.05) is 40.1 Å².